The Balaban J connectivity index is 1.47. The smallest absolute Gasteiger partial charge is 0.211 e. The molecule has 0 aliphatic rings. The van der Waals surface area contributed by atoms with E-state index in [1.807, 2.05) is 23.5 Å². The number of benzene rings is 6. The Kier molecular flexibility index (Phi) is 5.10. The maximum atomic E-state index is 8.16. The van der Waals surface area contributed by atoms with Crippen LogP contribution in [0.25, 0.3) is 74.8 Å². The van der Waals surface area contributed by atoms with E-state index in [0.29, 0.717) is 5.69 Å². The highest BCUT2D eigenvalue weighted by Gasteiger charge is 2.21. The van der Waals surface area contributed by atoms with Crippen LogP contribution in [0.1, 0.15) is 0 Å². The van der Waals surface area contributed by atoms with Crippen LogP contribution in [0.15, 0.2) is 133 Å². The lowest BCUT2D eigenvalue weighted by Gasteiger charge is -2.18. The molecule has 0 radical (unpaired) electrons. The second-order valence-corrected chi connectivity index (χ2v) is 11.0. The average Bonchev–Trinajstić information content (AvgIpc) is 3.57. The number of rotatable bonds is 3. The van der Waals surface area contributed by atoms with Gasteiger partial charge in [0.1, 0.15) is 0 Å². The van der Waals surface area contributed by atoms with E-state index in [-0.39, 0.29) is 0 Å². The third-order valence-electron chi connectivity index (χ3n) is 7.85. The molecule has 0 saturated carbocycles. The summed E-state index contributed by atoms with van der Waals surface area (Å²) in [4.78, 5) is 4.04. The van der Waals surface area contributed by atoms with Crippen LogP contribution in [0, 0.1) is 6.57 Å². The summed E-state index contributed by atoms with van der Waals surface area (Å²) >= 11 is 1.85. The molecule has 0 unspecified atom stereocenters. The minimum Gasteiger partial charge on any atom is -0.318 e. The van der Waals surface area contributed by atoms with E-state index in [9.17, 15) is 0 Å². The lowest BCUT2D eigenvalue weighted by atomic mass is 9.92. The number of nitrogens with zero attached hydrogens (tertiary/aromatic N) is 2. The fraction of sp³-hybridized carbons (Fsp3) is 0. The van der Waals surface area contributed by atoms with Crippen molar-refractivity contribution in [1.29, 1.82) is 0 Å². The van der Waals surface area contributed by atoms with E-state index < -0.39 is 0 Å². The molecule has 0 N–H and O–H groups in total. The second kappa shape index (κ2) is 8.95. The van der Waals surface area contributed by atoms with Gasteiger partial charge in [0.2, 0.25) is 5.69 Å². The molecule has 2 aromatic heterocycles. The van der Waals surface area contributed by atoms with Gasteiger partial charge in [-0.1, -0.05) is 115 Å². The molecule has 0 spiro atoms. The normalized spacial score (nSPS) is 11.5. The van der Waals surface area contributed by atoms with Gasteiger partial charge in [0.05, 0.1) is 23.3 Å². The summed E-state index contributed by atoms with van der Waals surface area (Å²) in [7, 11) is 0. The van der Waals surface area contributed by atoms with E-state index in [2.05, 4.69) is 131 Å². The lowest BCUT2D eigenvalue weighted by Crippen LogP contribution is -1.98. The molecule has 3 heteroatoms. The zero-order valence-corrected chi connectivity index (χ0v) is 22.3. The third-order valence-corrected chi connectivity index (χ3v) is 9.07. The number of hydrogen-bond acceptors (Lipinski definition) is 1. The van der Waals surface area contributed by atoms with Crippen LogP contribution in [0.3, 0.4) is 0 Å². The highest BCUT2D eigenvalue weighted by Crippen LogP contribution is 2.46. The molecule has 0 atom stereocenters. The Hall–Kier alpha value is -5.17. The number of hydrogen-bond donors (Lipinski definition) is 0. The summed E-state index contributed by atoms with van der Waals surface area (Å²) in [5.41, 5.74) is 8.32. The molecule has 0 bridgehead atoms. The topological polar surface area (TPSA) is 9.29 Å². The van der Waals surface area contributed by atoms with Crippen molar-refractivity contribution in [2.45, 2.75) is 0 Å². The summed E-state index contributed by atoms with van der Waals surface area (Å²) in [5, 5.41) is 4.95. The van der Waals surface area contributed by atoms with Gasteiger partial charge in [0.25, 0.3) is 0 Å². The van der Waals surface area contributed by atoms with Gasteiger partial charge in [-0.2, -0.15) is 0 Å². The van der Waals surface area contributed by atoms with Crippen LogP contribution >= 0.6 is 11.3 Å². The molecular formula is C37H22N2S. The predicted molar refractivity (Wildman–Crippen MR) is 171 cm³/mol. The fourth-order valence-corrected chi connectivity index (χ4v) is 7.38. The van der Waals surface area contributed by atoms with Crippen molar-refractivity contribution >= 4 is 59.0 Å². The van der Waals surface area contributed by atoms with E-state index in [1.54, 1.807) is 0 Å². The molecule has 6 aromatic carbocycles. The molecule has 0 saturated heterocycles. The Morgan fingerprint density at radius 1 is 0.475 bits per heavy atom. The minimum atomic E-state index is 0.638. The van der Waals surface area contributed by atoms with Crippen LogP contribution in [0.4, 0.5) is 5.69 Å². The number of fused-ring (bicyclic) bond motifs is 6. The van der Waals surface area contributed by atoms with Gasteiger partial charge in [-0.25, -0.2) is 4.85 Å². The largest absolute Gasteiger partial charge is 0.318 e. The molecule has 8 aromatic rings. The summed E-state index contributed by atoms with van der Waals surface area (Å²) in [6.45, 7) is 8.16. The maximum Gasteiger partial charge on any atom is 0.211 e. The first-order valence-corrected chi connectivity index (χ1v) is 14.1. The Bertz CT molecular complexity index is 2240. The van der Waals surface area contributed by atoms with E-state index in [0.717, 1.165) is 27.8 Å². The quantitative estimate of drug-likeness (QED) is 0.203. The average molecular weight is 527 g/mol. The Morgan fingerprint density at radius 3 is 1.73 bits per heavy atom. The zero-order chi connectivity index (χ0) is 26.6. The van der Waals surface area contributed by atoms with Crippen LogP contribution in [-0.2, 0) is 0 Å². The minimum absolute atomic E-state index is 0.638. The Morgan fingerprint density at radius 2 is 1.00 bits per heavy atom. The molecule has 2 heterocycles. The highest BCUT2D eigenvalue weighted by molar-refractivity contribution is 7.26. The monoisotopic (exact) mass is 526 g/mol. The van der Waals surface area contributed by atoms with Crippen molar-refractivity contribution in [3.63, 3.8) is 0 Å². The Labute approximate surface area is 235 Å². The molecule has 0 aliphatic heterocycles. The number of aromatic nitrogens is 1. The molecule has 8 rings (SSSR count). The van der Waals surface area contributed by atoms with Crippen LogP contribution in [0.2, 0.25) is 0 Å². The molecule has 186 valence electrons. The SMILES string of the molecule is [C-]#[N+]c1cccc(-c2ccccc2-c2cccc3c2sc2ccccc23)c1-n1c2ccccc2c2ccccc21. The number of para-hydroxylation sites is 3. The number of thiophene rings is 1. The fourth-order valence-electron chi connectivity index (χ4n) is 6.15. The van der Waals surface area contributed by atoms with Crippen LogP contribution in [0.5, 0.6) is 0 Å². The van der Waals surface area contributed by atoms with Crippen LogP contribution in [-0.4, -0.2) is 4.57 Å². The van der Waals surface area contributed by atoms with Crippen molar-refractivity contribution < 1.29 is 0 Å². The first kappa shape index (κ1) is 22.8. The third kappa shape index (κ3) is 3.27. The van der Waals surface area contributed by atoms with Gasteiger partial charge in [-0.3, -0.25) is 0 Å². The van der Waals surface area contributed by atoms with Crippen molar-refractivity contribution in [3.05, 3.63) is 145 Å². The van der Waals surface area contributed by atoms with E-state index in [1.165, 1.54) is 42.1 Å². The maximum absolute atomic E-state index is 8.16. The van der Waals surface area contributed by atoms with Crippen molar-refractivity contribution in [2.75, 3.05) is 0 Å². The predicted octanol–water partition coefficient (Wildman–Crippen LogP) is 11.0. The van der Waals surface area contributed by atoms with Crippen LogP contribution < -0.4 is 0 Å². The first-order chi connectivity index (χ1) is 19.8. The van der Waals surface area contributed by atoms with Crippen molar-refractivity contribution in [1.82, 2.24) is 4.57 Å². The van der Waals surface area contributed by atoms with Crippen molar-refractivity contribution in [2.24, 2.45) is 0 Å². The molecule has 40 heavy (non-hydrogen) atoms. The molecular weight excluding hydrogens is 504 g/mol. The molecule has 2 nitrogen and oxygen atoms in total. The second-order valence-electron chi connectivity index (χ2n) is 9.98. The van der Waals surface area contributed by atoms with E-state index in [4.69, 9.17) is 6.57 Å². The summed E-state index contributed by atoms with van der Waals surface area (Å²) < 4.78 is 4.86. The molecule has 0 fully saturated rings. The highest BCUT2D eigenvalue weighted by atomic mass is 32.1. The summed E-state index contributed by atoms with van der Waals surface area (Å²) in [5.74, 6) is 0. The summed E-state index contributed by atoms with van der Waals surface area (Å²) in [6.07, 6.45) is 0. The zero-order valence-electron chi connectivity index (χ0n) is 21.5. The van der Waals surface area contributed by atoms with E-state index >= 15 is 0 Å². The van der Waals surface area contributed by atoms with Gasteiger partial charge < -0.3 is 4.57 Å². The molecule has 0 aliphatic carbocycles. The van der Waals surface area contributed by atoms with Gasteiger partial charge in [-0.15, -0.1) is 11.3 Å². The van der Waals surface area contributed by atoms with Gasteiger partial charge in [0.15, 0.2) is 0 Å². The van der Waals surface area contributed by atoms with Crippen molar-refractivity contribution in [3.8, 4) is 27.9 Å². The first-order valence-electron chi connectivity index (χ1n) is 13.3. The molecule has 0 amide bonds. The van der Waals surface area contributed by atoms with Gasteiger partial charge >= 0.3 is 0 Å². The summed E-state index contributed by atoms with van der Waals surface area (Å²) in [6, 6.07) is 47.0. The standard InChI is InChI=1S/C37H22N2S/c1-38-32-20-11-17-29(36(32)39-33-21-7-4-14-26(33)27-15-5-8-22-34(27)39)24-12-2-3-13-25(24)30-18-10-19-31-28-16-6-9-23-35(28)40-37(30)31/h2-23H. The lowest BCUT2D eigenvalue weighted by molar-refractivity contribution is 1.19. The van der Waals surface area contributed by atoms with Gasteiger partial charge in [0, 0.05) is 36.5 Å². The van der Waals surface area contributed by atoms with Gasteiger partial charge in [-0.05, 0) is 34.9 Å².